The van der Waals surface area contributed by atoms with E-state index in [1.54, 1.807) is 6.07 Å². The molecule has 2 heterocycles. The largest absolute Gasteiger partial charge is 0.357 e. The molecule has 1 aliphatic heterocycles. The average molecular weight is 355 g/mol. The first kappa shape index (κ1) is 17.9. The SMILES string of the molecule is CCNC(=NCc1cc(C#N)ccc1F)N1CCC(c2ncn[nH]2)CC1. The second kappa shape index (κ2) is 8.43. The molecule has 0 amide bonds. The predicted octanol–water partition coefficient (Wildman–Crippen LogP) is 2.16. The summed E-state index contributed by atoms with van der Waals surface area (Å²) < 4.78 is 14.0. The average Bonchev–Trinajstić information content (AvgIpc) is 3.21. The van der Waals surface area contributed by atoms with E-state index in [2.05, 4.69) is 30.4 Å². The Bertz CT molecular complexity index is 786. The number of piperidine rings is 1. The van der Waals surface area contributed by atoms with Crippen LogP contribution in [-0.4, -0.2) is 45.7 Å². The smallest absolute Gasteiger partial charge is 0.194 e. The summed E-state index contributed by atoms with van der Waals surface area (Å²) >= 11 is 0. The van der Waals surface area contributed by atoms with Crippen LogP contribution < -0.4 is 5.32 Å². The number of guanidine groups is 1. The van der Waals surface area contributed by atoms with Gasteiger partial charge < -0.3 is 10.2 Å². The molecule has 1 aliphatic rings. The summed E-state index contributed by atoms with van der Waals surface area (Å²) in [5, 5.41) is 19.1. The van der Waals surface area contributed by atoms with Gasteiger partial charge in [0.25, 0.3) is 0 Å². The number of H-pyrrole nitrogens is 1. The molecule has 2 N–H and O–H groups in total. The molecule has 0 atom stereocenters. The van der Waals surface area contributed by atoms with E-state index in [0.29, 0.717) is 17.0 Å². The molecule has 136 valence electrons. The van der Waals surface area contributed by atoms with Crippen molar-refractivity contribution < 1.29 is 4.39 Å². The number of nitrogens with zero attached hydrogens (tertiary/aromatic N) is 5. The lowest BCUT2D eigenvalue weighted by Crippen LogP contribution is -2.45. The molecular formula is C18H22FN7. The summed E-state index contributed by atoms with van der Waals surface area (Å²) in [7, 11) is 0. The van der Waals surface area contributed by atoms with E-state index in [9.17, 15) is 4.39 Å². The van der Waals surface area contributed by atoms with Crippen molar-refractivity contribution in [3.8, 4) is 6.07 Å². The number of rotatable bonds is 4. The lowest BCUT2D eigenvalue weighted by Gasteiger charge is -2.33. The van der Waals surface area contributed by atoms with Crippen LogP contribution in [0.5, 0.6) is 0 Å². The lowest BCUT2D eigenvalue weighted by molar-refractivity contribution is 0.298. The molecule has 1 aromatic carbocycles. The third kappa shape index (κ3) is 4.17. The number of hydrogen-bond acceptors (Lipinski definition) is 4. The minimum atomic E-state index is -0.340. The van der Waals surface area contributed by atoms with Gasteiger partial charge in [-0.1, -0.05) is 0 Å². The quantitative estimate of drug-likeness (QED) is 0.648. The van der Waals surface area contributed by atoms with Crippen molar-refractivity contribution in [1.29, 1.82) is 5.26 Å². The Labute approximate surface area is 152 Å². The van der Waals surface area contributed by atoms with Crippen LogP contribution in [0, 0.1) is 17.1 Å². The summed E-state index contributed by atoms with van der Waals surface area (Å²) in [5.41, 5.74) is 0.866. The zero-order valence-electron chi connectivity index (χ0n) is 14.7. The zero-order chi connectivity index (χ0) is 18.4. The molecule has 0 unspecified atom stereocenters. The van der Waals surface area contributed by atoms with Gasteiger partial charge in [0.05, 0.1) is 18.2 Å². The number of aromatic nitrogens is 3. The van der Waals surface area contributed by atoms with E-state index in [1.165, 1.54) is 18.5 Å². The van der Waals surface area contributed by atoms with Gasteiger partial charge in [-0.05, 0) is 38.0 Å². The maximum atomic E-state index is 14.0. The molecular weight excluding hydrogens is 333 g/mol. The molecule has 0 aliphatic carbocycles. The Morgan fingerprint density at radius 2 is 2.27 bits per heavy atom. The third-order valence-electron chi connectivity index (χ3n) is 4.52. The molecule has 1 saturated heterocycles. The van der Waals surface area contributed by atoms with Crippen molar-refractivity contribution in [2.45, 2.75) is 32.2 Å². The van der Waals surface area contributed by atoms with Crippen molar-refractivity contribution in [3.05, 3.63) is 47.3 Å². The Kier molecular flexibility index (Phi) is 5.79. The molecule has 1 fully saturated rings. The maximum absolute atomic E-state index is 14.0. The van der Waals surface area contributed by atoms with Crippen molar-refractivity contribution in [2.75, 3.05) is 19.6 Å². The van der Waals surface area contributed by atoms with E-state index in [-0.39, 0.29) is 12.4 Å². The van der Waals surface area contributed by atoms with E-state index in [4.69, 9.17) is 5.26 Å². The second-order valence-electron chi connectivity index (χ2n) is 6.22. The van der Waals surface area contributed by atoms with Crippen molar-refractivity contribution in [2.24, 2.45) is 4.99 Å². The van der Waals surface area contributed by atoms with Gasteiger partial charge in [-0.15, -0.1) is 0 Å². The van der Waals surface area contributed by atoms with Crippen LogP contribution in [0.15, 0.2) is 29.5 Å². The molecule has 8 heteroatoms. The van der Waals surface area contributed by atoms with Gasteiger partial charge >= 0.3 is 0 Å². The Morgan fingerprint density at radius 1 is 1.46 bits per heavy atom. The van der Waals surface area contributed by atoms with Crippen LogP contribution in [0.2, 0.25) is 0 Å². The fraction of sp³-hybridized carbons (Fsp3) is 0.444. The van der Waals surface area contributed by atoms with E-state index in [0.717, 1.165) is 44.3 Å². The normalized spacial score (nSPS) is 15.7. The number of benzene rings is 1. The highest BCUT2D eigenvalue weighted by atomic mass is 19.1. The van der Waals surface area contributed by atoms with Crippen LogP contribution in [0.25, 0.3) is 0 Å². The summed E-state index contributed by atoms with van der Waals surface area (Å²) in [6, 6.07) is 6.38. The van der Waals surface area contributed by atoms with Gasteiger partial charge in [0.2, 0.25) is 0 Å². The summed E-state index contributed by atoms with van der Waals surface area (Å²) in [5.74, 6) is 1.74. The molecule has 0 bridgehead atoms. The molecule has 26 heavy (non-hydrogen) atoms. The minimum Gasteiger partial charge on any atom is -0.357 e. The lowest BCUT2D eigenvalue weighted by atomic mass is 9.96. The standard InChI is InChI=1S/C18H22FN7/c1-2-21-18(22-11-15-9-13(10-20)3-4-16(15)19)26-7-5-14(6-8-26)17-23-12-24-25-17/h3-4,9,12,14H,2,5-8,11H2,1H3,(H,21,22)(H,23,24,25). The van der Waals surface area contributed by atoms with Gasteiger partial charge in [-0.2, -0.15) is 10.4 Å². The van der Waals surface area contributed by atoms with Crippen molar-refractivity contribution in [3.63, 3.8) is 0 Å². The van der Waals surface area contributed by atoms with Crippen LogP contribution in [-0.2, 0) is 6.54 Å². The number of hydrogen-bond donors (Lipinski definition) is 2. The number of likely N-dealkylation sites (tertiary alicyclic amines) is 1. The highest BCUT2D eigenvalue weighted by Crippen LogP contribution is 2.25. The number of halogens is 1. The monoisotopic (exact) mass is 355 g/mol. The van der Waals surface area contributed by atoms with E-state index < -0.39 is 0 Å². The summed E-state index contributed by atoms with van der Waals surface area (Å²) in [6.07, 6.45) is 3.45. The first-order valence-corrected chi connectivity index (χ1v) is 8.78. The predicted molar refractivity (Wildman–Crippen MR) is 95.9 cm³/mol. The van der Waals surface area contributed by atoms with Crippen molar-refractivity contribution in [1.82, 2.24) is 25.4 Å². The topological polar surface area (TPSA) is 93.0 Å². The Balaban J connectivity index is 1.67. The zero-order valence-corrected chi connectivity index (χ0v) is 14.7. The first-order valence-electron chi connectivity index (χ1n) is 8.78. The Hall–Kier alpha value is -2.95. The number of aliphatic imine (C=N–C) groups is 1. The molecule has 0 saturated carbocycles. The fourth-order valence-corrected chi connectivity index (χ4v) is 3.13. The van der Waals surface area contributed by atoms with Crippen LogP contribution >= 0.6 is 0 Å². The molecule has 1 aromatic heterocycles. The highest BCUT2D eigenvalue weighted by molar-refractivity contribution is 5.80. The molecule has 0 spiro atoms. The first-order chi connectivity index (χ1) is 12.7. The fourth-order valence-electron chi connectivity index (χ4n) is 3.13. The highest BCUT2D eigenvalue weighted by Gasteiger charge is 2.24. The third-order valence-corrected chi connectivity index (χ3v) is 4.52. The van der Waals surface area contributed by atoms with Crippen LogP contribution in [0.4, 0.5) is 4.39 Å². The molecule has 2 aromatic rings. The molecule has 0 radical (unpaired) electrons. The number of nitrogens with one attached hydrogen (secondary N) is 2. The Morgan fingerprint density at radius 3 is 2.92 bits per heavy atom. The van der Waals surface area contributed by atoms with E-state index in [1.807, 2.05) is 13.0 Å². The van der Waals surface area contributed by atoms with Crippen LogP contribution in [0.1, 0.15) is 42.6 Å². The van der Waals surface area contributed by atoms with Gasteiger partial charge in [0.15, 0.2) is 5.96 Å². The number of aromatic amines is 1. The van der Waals surface area contributed by atoms with Gasteiger partial charge in [0, 0.05) is 31.1 Å². The van der Waals surface area contributed by atoms with Gasteiger partial charge in [-0.3, -0.25) is 5.10 Å². The maximum Gasteiger partial charge on any atom is 0.194 e. The minimum absolute atomic E-state index is 0.200. The second-order valence-corrected chi connectivity index (χ2v) is 6.22. The van der Waals surface area contributed by atoms with Gasteiger partial charge in [-0.25, -0.2) is 14.4 Å². The van der Waals surface area contributed by atoms with Crippen LogP contribution in [0.3, 0.4) is 0 Å². The van der Waals surface area contributed by atoms with Gasteiger partial charge in [0.1, 0.15) is 18.0 Å². The summed E-state index contributed by atoms with van der Waals surface area (Å²) in [4.78, 5) is 11.0. The number of nitriles is 1. The van der Waals surface area contributed by atoms with E-state index >= 15 is 0 Å². The van der Waals surface area contributed by atoms with Crippen molar-refractivity contribution >= 4 is 5.96 Å². The molecule has 7 nitrogen and oxygen atoms in total. The summed E-state index contributed by atoms with van der Waals surface area (Å²) in [6.45, 7) is 4.64. The molecule has 3 rings (SSSR count).